The molecule has 0 spiro atoms. The molecule has 0 aliphatic carbocycles. The lowest BCUT2D eigenvalue weighted by Gasteiger charge is -2.16. The molecular weight excluding hydrogens is 388 g/mol. The second kappa shape index (κ2) is 9.04. The number of ether oxygens (including phenoxy) is 1. The molecule has 2 amide bonds. The van der Waals surface area contributed by atoms with E-state index in [4.69, 9.17) is 9.15 Å². The molecule has 3 rings (SSSR count). The van der Waals surface area contributed by atoms with Crippen molar-refractivity contribution in [3.63, 3.8) is 0 Å². The summed E-state index contributed by atoms with van der Waals surface area (Å²) in [7, 11) is 1.42. The zero-order valence-corrected chi connectivity index (χ0v) is 16.5. The first-order valence-electron chi connectivity index (χ1n) is 9.14. The van der Waals surface area contributed by atoms with Crippen LogP contribution in [-0.2, 0) is 14.3 Å². The van der Waals surface area contributed by atoms with Gasteiger partial charge in [0.2, 0.25) is 11.7 Å². The van der Waals surface area contributed by atoms with Crippen molar-refractivity contribution >= 4 is 34.4 Å². The van der Waals surface area contributed by atoms with E-state index in [0.29, 0.717) is 11.1 Å². The van der Waals surface area contributed by atoms with Crippen LogP contribution in [0.3, 0.4) is 0 Å². The Morgan fingerprint density at radius 2 is 1.77 bits per heavy atom. The van der Waals surface area contributed by atoms with Gasteiger partial charge < -0.3 is 19.4 Å². The second-order valence-electron chi connectivity index (χ2n) is 6.71. The number of benzene rings is 2. The molecule has 0 aliphatic heterocycles. The first-order chi connectivity index (χ1) is 14.3. The molecule has 0 fully saturated rings. The van der Waals surface area contributed by atoms with Crippen LogP contribution in [0.25, 0.3) is 11.0 Å². The second-order valence-corrected chi connectivity index (χ2v) is 6.71. The zero-order chi connectivity index (χ0) is 21.7. The maximum atomic E-state index is 12.2. The largest absolute Gasteiger partial charge is 0.450 e. The molecule has 2 aromatic carbocycles. The van der Waals surface area contributed by atoms with Crippen LogP contribution in [0.15, 0.2) is 63.8 Å². The molecule has 0 unspecified atom stereocenters. The number of carbonyl (C=O) groups excluding carboxylic acids is 3. The SMILES string of the molecule is Cc1ccc(NC(=O)CN(C)C(=O)COC(=O)c2cc(=O)c3ccccc3o2)cc1. The number of anilines is 1. The number of nitrogens with one attached hydrogen (secondary N) is 1. The zero-order valence-electron chi connectivity index (χ0n) is 16.5. The summed E-state index contributed by atoms with van der Waals surface area (Å²) in [5, 5.41) is 3.02. The Morgan fingerprint density at radius 3 is 2.50 bits per heavy atom. The van der Waals surface area contributed by atoms with E-state index in [1.165, 1.54) is 7.05 Å². The van der Waals surface area contributed by atoms with E-state index < -0.39 is 18.5 Å². The number of aryl methyl sites for hydroxylation is 1. The van der Waals surface area contributed by atoms with Gasteiger partial charge in [0.25, 0.3) is 5.91 Å². The topological polar surface area (TPSA) is 106 Å². The number of esters is 1. The predicted octanol–water partition coefficient (Wildman–Crippen LogP) is 2.36. The molecule has 0 atom stereocenters. The molecule has 0 saturated carbocycles. The lowest BCUT2D eigenvalue weighted by atomic mass is 10.2. The first-order valence-corrected chi connectivity index (χ1v) is 9.14. The molecule has 1 heterocycles. The highest BCUT2D eigenvalue weighted by Crippen LogP contribution is 2.12. The van der Waals surface area contributed by atoms with Gasteiger partial charge in [-0.05, 0) is 31.2 Å². The Balaban J connectivity index is 1.54. The maximum Gasteiger partial charge on any atom is 0.374 e. The Bertz CT molecular complexity index is 1150. The third kappa shape index (κ3) is 5.11. The number of hydrogen-bond acceptors (Lipinski definition) is 6. The van der Waals surface area contributed by atoms with Gasteiger partial charge in [-0.15, -0.1) is 0 Å². The first kappa shape index (κ1) is 20.8. The smallest absolute Gasteiger partial charge is 0.374 e. The predicted molar refractivity (Wildman–Crippen MR) is 110 cm³/mol. The molecule has 1 N–H and O–H groups in total. The summed E-state index contributed by atoms with van der Waals surface area (Å²) in [5.74, 6) is -2.21. The van der Waals surface area contributed by atoms with Crippen LogP contribution in [0, 0.1) is 6.92 Å². The summed E-state index contributed by atoms with van der Waals surface area (Å²) in [4.78, 5) is 49.6. The van der Waals surface area contributed by atoms with Gasteiger partial charge in [0.05, 0.1) is 11.9 Å². The fourth-order valence-electron chi connectivity index (χ4n) is 2.65. The van der Waals surface area contributed by atoms with Gasteiger partial charge in [0.1, 0.15) is 5.58 Å². The molecule has 0 saturated heterocycles. The van der Waals surface area contributed by atoms with Gasteiger partial charge in [0, 0.05) is 18.8 Å². The minimum Gasteiger partial charge on any atom is -0.450 e. The van der Waals surface area contributed by atoms with Crippen molar-refractivity contribution in [2.24, 2.45) is 0 Å². The monoisotopic (exact) mass is 408 g/mol. The van der Waals surface area contributed by atoms with Crippen molar-refractivity contribution < 1.29 is 23.5 Å². The highest BCUT2D eigenvalue weighted by Gasteiger charge is 2.18. The Hall–Kier alpha value is -3.94. The third-order valence-electron chi connectivity index (χ3n) is 4.30. The molecule has 8 nitrogen and oxygen atoms in total. The van der Waals surface area contributed by atoms with Gasteiger partial charge in [-0.1, -0.05) is 29.8 Å². The van der Waals surface area contributed by atoms with Crippen molar-refractivity contribution in [2.75, 3.05) is 25.5 Å². The van der Waals surface area contributed by atoms with Gasteiger partial charge in [-0.2, -0.15) is 0 Å². The quantitative estimate of drug-likeness (QED) is 0.628. The van der Waals surface area contributed by atoms with Gasteiger partial charge >= 0.3 is 5.97 Å². The average Bonchev–Trinajstić information content (AvgIpc) is 2.73. The molecule has 3 aromatic rings. The molecule has 8 heteroatoms. The summed E-state index contributed by atoms with van der Waals surface area (Å²) in [6.45, 7) is 1.13. The average molecular weight is 408 g/mol. The number of fused-ring (bicyclic) bond motifs is 1. The van der Waals surface area contributed by atoms with E-state index in [2.05, 4.69) is 5.32 Å². The summed E-state index contributed by atoms with van der Waals surface area (Å²) >= 11 is 0. The fourth-order valence-corrected chi connectivity index (χ4v) is 2.65. The molecule has 0 radical (unpaired) electrons. The van der Waals surface area contributed by atoms with Crippen LogP contribution in [-0.4, -0.2) is 42.9 Å². The van der Waals surface area contributed by atoms with E-state index in [-0.39, 0.29) is 29.2 Å². The summed E-state index contributed by atoms with van der Waals surface area (Å²) in [6.07, 6.45) is 0. The normalized spacial score (nSPS) is 10.5. The van der Waals surface area contributed by atoms with E-state index in [1.54, 1.807) is 36.4 Å². The number of rotatable bonds is 6. The Labute approximate surface area is 172 Å². The van der Waals surface area contributed by atoms with Gasteiger partial charge in [-0.3, -0.25) is 14.4 Å². The third-order valence-corrected chi connectivity index (χ3v) is 4.30. The molecule has 1 aromatic heterocycles. The molecule has 0 bridgehead atoms. The highest BCUT2D eigenvalue weighted by molar-refractivity contribution is 5.95. The van der Waals surface area contributed by atoms with E-state index >= 15 is 0 Å². The Kier molecular flexibility index (Phi) is 6.26. The van der Waals surface area contributed by atoms with Crippen molar-refractivity contribution in [1.29, 1.82) is 0 Å². The number of amides is 2. The minimum absolute atomic E-state index is 0.213. The van der Waals surface area contributed by atoms with Gasteiger partial charge in [0.15, 0.2) is 12.0 Å². The molecule has 30 heavy (non-hydrogen) atoms. The van der Waals surface area contributed by atoms with Crippen LogP contribution in [0.5, 0.6) is 0 Å². The maximum absolute atomic E-state index is 12.2. The van der Waals surface area contributed by atoms with Gasteiger partial charge in [-0.25, -0.2) is 4.79 Å². The molecule has 154 valence electrons. The molecule has 0 aliphatic rings. The van der Waals surface area contributed by atoms with Crippen molar-refractivity contribution in [1.82, 2.24) is 4.90 Å². The van der Waals surface area contributed by atoms with E-state index in [1.807, 2.05) is 19.1 Å². The summed E-state index contributed by atoms with van der Waals surface area (Å²) in [5.41, 5.74) is 1.53. The lowest BCUT2D eigenvalue weighted by molar-refractivity contribution is -0.136. The van der Waals surface area contributed by atoms with E-state index in [0.717, 1.165) is 16.5 Å². The van der Waals surface area contributed by atoms with Crippen LogP contribution < -0.4 is 10.7 Å². The molecular formula is C22H20N2O6. The van der Waals surface area contributed by atoms with Crippen LogP contribution in [0.4, 0.5) is 5.69 Å². The number of hydrogen-bond donors (Lipinski definition) is 1. The van der Waals surface area contributed by atoms with Crippen molar-refractivity contribution in [3.05, 3.63) is 76.1 Å². The highest BCUT2D eigenvalue weighted by atomic mass is 16.5. The number of nitrogens with zero attached hydrogens (tertiary/aromatic N) is 1. The lowest BCUT2D eigenvalue weighted by Crippen LogP contribution is -2.37. The van der Waals surface area contributed by atoms with Crippen molar-refractivity contribution in [3.8, 4) is 0 Å². The minimum atomic E-state index is -0.941. The number of likely N-dealkylation sites (N-methyl/N-ethyl adjacent to an activating group) is 1. The summed E-state index contributed by atoms with van der Waals surface area (Å²) < 4.78 is 10.3. The van der Waals surface area contributed by atoms with Crippen LogP contribution in [0.2, 0.25) is 0 Å². The van der Waals surface area contributed by atoms with Crippen LogP contribution in [0.1, 0.15) is 16.1 Å². The fraction of sp³-hybridized carbons (Fsp3) is 0.182. The van der Waals surface area contributed by atoms with E-state index in [9.17, 15) is 19.2 Å². The number of carbonyl (C=O) groups is 3. The summed E-state index contributed by atoms with van der Waals surface area (Å²) in [6, 6.07) is 14.7. The van der Waals surface area contributed by atoms with Crippen LogP contribution >= 0.6 is 0 Å². The number of para-hydroxylation sites is 1. The Morgan fingerprint density at radius 1 is 1.07 bits per heavy atom. The van der Waals surface area contributed by atoms with Crippen molar-refractivity contribution in [2.45, 2.75) is 6.92 Å². The standard InChI is InChI=1S/C22H20N2O6/c1-14-7-9-15(10-8-14)23-20(26)12-24(2)21(27)13-29-22(28)19-11-17(25)16-5-3-4-6-18(16)30-19/h3-11H,12-13H2,1-2H3,(H,23,26).